The average molecular weight is 290 g/mol. The van der Waals surface area contributed by atoms with E-state index in [1.165, 1.54) is 0 Å². The Labute approximate surface area is 105 Å². The highest BCUT2D eigenvalue weighted by atomic mass is 79.9. The molecular formula is C11H20BrN3O. The van der Waals surface area contributed by atoms with Gasteiger partial charge in [-0.3, -0.25) is 4.68 Å². The van der Waals surface area contributed by atoms with Crippen LogP contribution in [0.4, 0.5) is 0 Å². The van der Waals surface area contributed by atoms with Gasteiger partial charge in [0.25, 0.3) is 0 Å². The fraction of sp³-hybridized carbons (Fsp3) is 0.727. The molecule has 1 rings (SSSR count). The summed E-state index contributed by atoms with van der Waals surface area (Å²) in [6.07, 6.45) is 1.93. The van der Waals surface area contributed by atoms with Crippen LogP contribution < -0.4 is 5.32 Å². The van der Waals surface area contributed by atoms with Gasteiger partial charge in [0.15, 0.2) is 0 Å². The largest absolute Gasteiger partial charge is 0.380 e. The summed E-state index contributed by atoms with van der Waals surface area (Å²) in [5, 5.41) is 7.65. The van der Waals surface area contributed by atoms with E-state index in [0.29, 0.717) is 6.04 Å². The number of halogens is 1. The number of aromatic nitrogens is 2. The molecule has 4 nitrogen and oxygen atoms in total. The molecule has 0 saturated heterocycles. The average Bonchev–Trinajstić information content (AvgIpc) is 2.62. The van der Waals surface area contributed by atoms with Crippen molar-refractivity contribution in [1.82, 2.24) is 15.1 Å². The van der Waals surface area contributed by atoms with Crippen molar-refractivity contribution in [2.24, 2.45) is 0 Å². The van der Waals surface area contributed by atoms with Gasteiger partial charge in [-0.25, -0.2) is 0 Å². The fourth-order valence-electron chi connectivity index (χ4n) is 1.78. The predicted octanol–water partition coefficient (Wildman–Crippen LogP) is 2.52. The minimum atomic E-state index is 0.0931. The minimum Gasteiger partial charge on any atom is -0.380 e. The molecule has 0 aromatic carbocycles. The lowest BCUT2D eigenvalue weighted by Gasteiger charge is -2.25. The molecule has 0 radical (unpaired) electrons. The van der Waals surface area contributed by atoms with Gasteiger partial charge in [0.1, 0.15) is 0 Å². The molecule has 2 unspecified atom stereocenters. The molecule has 16 heavy (non-hydrogen) atoms. The number of methoxy groups -OCH3 is 1. The first kappa shape index (κ1) is 13.7. The van der Waals surface area contributed by atoms with Gasteiger partial charge in [0.05, 0.1) is 28.5 Å². The number of hydrogen-bond donors (Lipinski definition) is 1. The van der Waals surface area contributed by atoms with Crippen LogP contribution in [0.1, 0.15) is 38.5 Å². The molecular weight excluding hydrogens is 270 g/mol. The van der Waals surface area contributed by atoms with Gasteiger partial charge >= 0.3 is 0 Å². The second kappa shape index (κ2) is 5.80. The smallest absolute Gasteiger partial charge is 0.0764 e. The monoisotopic (exact) mass is 289 g/mol. The molecule has 0 aliphatic heterocycles. The van der Waals surface area contributed by atoms with E-state index in [-0.39, 0.29) is 12.1 Å². The lowest BCUT2D eigenvalue weighted by atomic mass is 10.1. The molecule has 92 valence electrons. The van der Waals surface area contributed by atoms with E-state index in [9.17, 15) is 0 Å². The molecule has 0 amide bonds. The highest BCUT2D eigenvalue weighted by Crippen LogP contribution is 2.28. The number of ether oxygens (including phenoxy) is 1. The van der Waals surface area contributed by atoms with Crippen molar-refractivity contribution in [3.05, 3.63) is 16.4 Å². The van der Waals surface area contributed by atoms with Crippen LogP contribution >= 0.6 is 15.9 Å². The zero-order valence-electron chi connectivity index (χ0n) is 10.5. The third-order valence-corrected chi connectivity index (χ3v) is 3.33. The van der Waals surface area contributed by atoms with Gasteiger partial charge in [-0.15, -0.1) is 0 Å². The molecule has 1 aromatic heterocycles. The second-order valence-corrected chi connectivity index (χ2v) is 4.98. The van der Waals surface area contributed by atoms with Crippen LogP contribution in [0.5, 0.6) is 0 Å². The van der Waals surface area contributed by atoms with Gasteiger partial charge in [-0.05, 0) is 43.7 Å². The number of likely N-dealkylation sites (N-methyl/N-ethyl adjacent to an activating group) is 1. The summed E-state index contributed by atoms with van der Waals surface area (Å²) in [6, 6.07) is 0.463. The Morgan fingerprint density at radius 3 is 2.50 bits per heavy atom. The maximum Gasteiger partial charge on any atom is 0.0764 e. The van der Waals surface area contributed by atoms with Crippen molar-refractivity contribution in [3.63, 3.8) is 0 Å². The summed E-state index contributed by atoms with van der Waals surface area (Å²) >= 11 is 3.55. The van der Waals surface area contributed by atoms with E-state index in [1.807, 2.05) is 24.9 Å². The van der Waals surface area contributed by atoms with Crippen LogP contribution in [0.3, 0.4) is 0 Å². The first-order chi connectivity index (χ1) is 7.52. The first-order valence-corrected chi connectivity index (χ1v) is 6.25. The SMILES string of the molecule is CNC(c1c(Br)cnn1C(C)C)C(C)OC. The lowest BCUT2D eigenvalue weighted by Crippen LogP contribution is -2.31. The lowest BCUT2D eigenvalue weighted by molar-refractivity contribution is 0.0820. The van der Waals surface area contributed by atoms with E-state index in [0.717, 1.165) is 10.2 Å². The van der Waals surface area contributed by atoms with E-state index in [1.54, 1.807) is 7.11 Å². The molecule has 1 heterocycles. The molecule has 5 heteroatoms. The summed E-state index contributed by atoms with van der Waals surface area (Å²) in [6.45, 7) is 6.28. The van der Waals surface area contributed by atoms with Crippen LogP contribution in [0, 0.1) is 0 Å². The molecule has 0 spiro atoms. The van der Waals surface area contributed by atoms with E-state index in [4.69, 9.17) is 4.74 Å². The Hall–Kier alpha value is -0.390. The molecule has 0 aliphatic rings. The summed E-state index contributed by atoms with van der Waals surface area (Å²) in [7, 11) is 3.66. The topological polar surface area (TPSA) is 39.1 Å². The molecule has 1 N–H and O–H groups in total. The molecule has 0 bridgehead atoms. The minimum absolute atomic E-state index is 0.0931. The van der Waals surface area contributed by atoms with Crippen LogP contribution in [-0.2, 0) is 4.74 Å². The van der Waals surface area contributed by atoms with Crippen molar-refractivity contribution in [2.75, 3.05) is 14.2 Å². The maximum absolute atomic E-state index is 5.39. The standard InChI is InChI=1S/C11H20BrN3O/c1-7(2)15-11(9(12)6-14-15)10(13-4)8(3)16-5/h6-8,10,13H,1-5H3. The fourth-order valence-corrected chi connectivity index (χ4v) is 2.30. The summed E-state index contributed by atoms with van der Waals surface area (Å²) in [4.78, 5) is 0. The third kappa shape index (κ3) is 2.64. The van der Waals surface area contributed by atoms with Gasteiger partial charge in [0.2, 0.25) is 0 Å². The highest BCUT2D eigenvalue weighted by Gasteiger charge is 2.24. The van der Waals surface area contributed by atoms with Gasteiger partial charge in [-0.2, -0.15) is 5.10 Å². The van der Waals surface area contributed by atoms with Crippen molar-refractivity contribution < 1.29 is 4.74 Å². The van der Waals surface area contributed by atoms with Crippen molar-refractivity contribution in [2.45, 2.75) is 39.0 Å². The Morgan fingerprint density at radius 1 is 1.44 bits per heavy atom. The quantitative estimate of drug-likeness (QED) is 0.905. The number of nitrogens with one attached hydrogen (secondary N) is 1. The van der Waals surface area contributed by atoms with E-state index < -0.39 is 0 Å². The Morgan fingerprint density at radius 2 is 2.06 bits per heavy atom. The molecule has 0 aliphatic carbocycles. The van der Waals surface area contributed by atoms with Crippen molar-refractivity contribution >= 4 is 15.9 Å². The van der Waals surface area contributed by atoms with Gasteiger partial charge < -0.3 is 10.1 Å². The van der Waals surface area contributed by atoms with Crippen molar-refractivity contribution in [1.29, 1.82) is 0 Å². The van der Waals surface area contributed by atoms with Crippen LogP contribution in [0.15, 0.2) is 10.7 Å². The zero-order valence-corrected chi connectivity index (χ0v) is 12.1. The number of nitrogens with zero attached hydrogens (tertiary/aromatic N) is 2. The molecule has 0 saturated carbocycles. The Kier molecular flexibility index (Phi) is 4.95. The van der Waals surface area contributed by atoms with Crippen LogP contribution in [-0.4, -0.2) is 30.0 Å². The Bertz CT molecular complexity index is 338. The third-order valence-electron chi connectivity index (χ3n) is 2.72. The molecule has 2 atom stereocenters. The van der Waals surface area contributed by atoms with E-state index >= 15 is 0 Å². The van der Waals surface area contributed by atoms with Crippen LogP contribution in [0.25, 0.3) is 0 Å². The zero-order chi connectivity index (χ0) is 12.3. The summed E-state index contributed by atoms with van der Waals surface area (Å²) < 4.78 is 8.42. The van der Waals surface area contributed by atoms with Gasteiger partial charge in [-0.1, -0.05) is 0 Å². The Balaban J connectivity index is 3.12. The van der Waals surface area contributed by atoms with Crippen molar-refractivity contribution in [3.8, 4) is 0 Å². The second-order valence-electron chi connectivity index (χ2n) is 4.12. The predicted molar refractivity (Wildman–Crippen MR) is 68.6 cm³/mol. The molecule has 1 aromatic rings. The summed E-state index contributed by atoms with van der Waals surface area (Å²) in [5.41, 5.74) is 1.13. The summed E-state index contributed by atoms with van der Waals surface area (Å²) in [5.74, 6) is 0. The van der Waals surface area contributed by atoms with Crippen LogP contribution in [0.2, 0.25) is 0 Å². The van der Waals surface area contributed by atoms with Gasteiger partial charge in [0, 0.05) is 13.2 Å². The molecule has 0 fully saturated rings. The first-order valence-electron chi connectivity index (χ1n) is 5.45. The highest BCUT2D eigenvalue weighted by molar-refractivity contribution is 9.10. The normalized spacial score (nSPS) is 15.4. The van der Waals surface area contributed by atoms with E-state index in [2.05, 4.69) is 40.2 Å². The maximum atomic E-state index is 5.39. The number of hydrogen-bond acceptors (Lipinski definition) is 3. The number of rotatable bonds is 5.